The third-order valence-corrected chi connectivity index (χ3v) is 1.74. The number of carbonyl (C=O) groups is 1. The van der Waals surface area contributed by atoms with Crippen LogP contribution in [0.15, 0.2) is 11.6 Å². The number of amides is 1. The molecule has 0 saturated carbocycles. The molecule has 0 N–H and O–H groups in total. The van der Waals surface area contributed by atoms with E-state index in [0.29, 0.717) is 0 Å². The van der Waals surface area contributed by atoms with Gasteiger partial charge in [0.1, 0.15) is 0 Å². The molecule has 48 valence electrons. The Morgan fingerprint density at radius 3 is 3.11 bits per heavy atom. The van der Waals surface area contributed by atoms with Gasteiger partial charge in [-0.2, -0.15) is 0 Å². The Bertz CT molecular complexity index is 185. The molecule has 1 amide bonds. The highest BCUT2D eigenvalue weighted by Gasteiger charge is 1.97. The van der Waals surface area contributed by atoms with Crippen molar-refractivity contribution in [2.75, 3.05) is 11.9 Å². The first-order chi connectivity index (χ1) is 4.34. The molecule has 0 aliphatic rings. The summed E-state index contributed by atoms with van der Waals surface area (Å²) in [6.07, 6.45) is 2.40. The van der Waals surface area contributed by atoms with Crippen LogP contribution in [0.2, 0.25) is 0 Å². The minimum Gasteiger partial charge on any atom is -0.294 e. The van der Waals surface area contributed by atoms with Crippen LogP contribution in [-0.4, -0.2) is 18.4 Å². The van der Waals surface area contributed by atoms with Crippen molar-refractivity contribution in [3.05, 3.63) is 11.6 Å². The normalized spacial score (nSPS) is 9.00. The summed E-state index contributed by atoms with van der Waals surface area (Å²) in [6.45, 7) is 0. The molecule has 9 heavy (non-hydrogen) atoms. The largest absolute Gasteiger partial charge is 0.294 e. The Morgan fingerprint density at radius 1 is 1.89 bits per heavy atom. The summed E-state index contributed by atoms with van der Waals surface area (Å²) in [4.78, 5) is 15.4. The Hall–Kier alpha value is -0.900. The molecule has 1 aromatic rings. The predicted octanol–water partition coefficient (Wildman–Crippen LogP) is 0.736. The van der Waals surface area contributed by atoms with Gasteiger partial charge in [-0.15, -0.1) is 11.3 Å². The van der Waals surface area contributed by atoms with Crippen LogP contribution in [0.25, 0.3) is 0 Å². The predicted molar refractivity (Wildman–Crippen MR) is 36.6 cm³/mol. The number of nitrogens with zero attached hydrogens (tertiary/aromatic N) is 2. The quantitative estimate of drug-likeness (QED) is 0.570. The van der Waals surface area contributed by atoms with Gasteiger partial charge in [-0.25, -0.2) is 4.98 Å². The summed E-state index contributed by atoms with van der Waals surface area (Å²) in [5.41, 5.74) is 0. The van der Waals surface area contributed by atoms with Crippen LogP contribution in [0.1, 0.15) is 0 Å². The van der Waals surface area contributed by atoms with E-state index in [1.54, 1.807) is 13.2 Å². The second kappa shape index (κ2) is 2.59. The van der Waals surface area contributed by atoms with Crippen LogP contribution in [0.5, 0.6) is 0 Å². The molecule has 0 aliphatic carbocycles. The smallest absolute Gasteiger partial charge is 0.215 e. The van der Waals surface area contributed by atoms with Gasteiger partial charge in [-0.1, -0.05) is 0 Å². The fourth-order valence-electron chi connectivity index (χ4n) is 0.435. The molecule has 1 heterocycles. The first kappa shape index (κ1) is 6.22. The maximum absolute atomic E-state index is 10.1. The second-order valence-electron chi connectivity index (χ2n) is 1.53. The number of rotatable bonds is 2. The third kappa shape index (κ3) is 1.26. The van der Waals surface area contributed by atoms with Crippen molar-refractivity contribution < 1.29 is 4.79 Å². The Balaban J connectivity index is 2.76. The van der Waals surface area contributed by atoms with E-state index in [1.165, 1.54) is 16.2 Å². The minimum absolute atomic E-state index is 0.727. The fourth-order valence-corrected chi connectivity index (χ4v) is 1.01. The van der Waals surface area contributed by atoms with Crippen LogP contribution in [0, 0.1) is 0 Å². The maximum Gasteiger partial charge on any atom is 0.215 e. The van der Waals surface area contributed by atoms with Crippen molar-refractivity contribution in [2.45, 2.75) is 0 Å². The zero-order chi connectivity index (χ0) is 6.69. The second-order valence-corrected chi connectivity index (χ2v) is 2.40. The van der Waals surface area contributed by atoms with Crippen LogP contribution in [-0.2, 0) is 4.79 Å². The van der Waals surface area contributed by atoms with Crippen molar-refractivity contribution in [2.24, 2.45) is 0 Å². The van der Waals surface area contributed by atoms with Crippen LogP contribution < -0.4 is 4.90 Å². The molecule has 0 aliphatic heterocycles. The third-order valence-electron chi connectivity index (χ3n) is 0.879. The highest BCUT2D eigenvalue weighted by Crippen LogP contribution is 2.12. The van der Waals surface area contributed by atoms with E-state index in [-0.39, 0.29) is 0 Å². The summed E-state index contributed by atoms with van der Waals surface area (Å²) in [6, 6.07) is 0. The first-order valence-corrected chi connectivity index (χ1v) is 3.30. The van der Waals surface area contributed by atoms with E-state index < -0.39 is 0 Å². The van der Waals surface area contributed by atoms with Crippen molar-refractivity contribution >= 4 is 22.9 Å². The highest BCUT2D eigenvalue weighted by molar-refractivity contribution is 7.13. The molecule has 0 aromatic carbocycles. The van der Waals surface area contributed by atoms with Gasteiger partial charge in [-0.3, -0.25) is 9.69 Å². The number of hydrogen-bond acceptors (Lipinski definition) is 3. The summed E-state index contributed by atoms with van der Waals surface area (Å²) in [7, 11) is 1.67. The van der Waals surface area contributed by atoms with Crippen molar-refractivity contribution in [1.29, 1.82) is 0 Å². The van der Waals surface area contributed by atoms with E-state index >= 15 is 0 Å². The van der Waals surface area contributed by atoms with Gasteiger partial charge in [0.15, 0.2) is 5.13 Å². The minimum atomic E-state index is 0.727. The zero-order valence-corrected chi connectivity index (χ0v) is 5.76. The molecule has 1 rings (SSSR count). The lowest BCUT2D eigenvalue weighted by molar-refractivity contribution is -0.107. The molecule has 0 atom stereocenters. The Labute approximate surface area is 56.9 Å². The van der Waals surface area contributed by atoms with Gasteiger partial charge >= 0.3 is 0 Å². The highest BCUT2D eigenvalue weighted by atomic mass is 32.1. The molecule has 1 aromatic heterocycles. The molecule has 4 heteroatoms. The standard InChI is InChI=1S/C5H6N2OS/c1-7(4-8)5-6-2-3-9-5/h2-4H,1H3. The van der Waals surface area contributed by atoms with Crippen LogP contribution in [0.4, 0.5) is 5.13 Å². The summed E-state index contributed by atoms with van der Waals surface area (Å²) in [5, 5.41) is 2.56. The van der Waals surface area contributed by atoms with E-state index in [0.717, 1.165) is 11.5 Å². The monoisotopic (exact) mass is 142 g/mol. The van der Waals surface area contributed by atoms with Crippen molar-refractivity contribution in [1.82, 2.24) is 4.98 Å². The van der Waals surface area contributed by atoms with Crippen LogP contribution in [0.3, 0.4) is 0 Å². The topological polar surface area (TPSA) is 33.2 Å². The van der Waals surface area contributed by atoms with Gasteiger partial charge in [0.05, 0.1) is 0 Å². The summed E-state index contributed by atoms with van der Waals surface area (Å²) in [5.74, 6) is 0. The molecule has 0 saturated heterocycles. The van der Waals surface area contributed by atoms with E-state index in [9.17, 15) is 4.79 Å². The fraction of sp³-hybridized carbons (Fsp3) is 0.200. The molecule has 0 unspecified atom stereocenters. The summed E-state index contributed by atoms with van der Waals surface area (Å²) >= 11 is 1.44. The Morgan fingerprint density at radius 2 is 2.67 bits per heavy atom. The molecule has 0 fully saturated rings. The SMILES string of the molecule is CN(C=O)c1nccs1. The lowest BCUT2D eigenvalue weighted by Gasteiger charge is -2.02. The van der Waals surface area contributed by atoms with E-state index in [4.69, 9.17) is 0 Å². The molecular formula is C5H6N2OS. The Kier molecular flexibility index (Phi) is 1.79. The average Bonchev–Trinajstić information content (AvgIpc) is 2.37. The lowest BCUT2D eigenvalue weighted by atomic mass is 10.9. The average molecular weight is 142 g/mol. The molecule has 0 radical (unpaired) electrons. The number of carbonyl (C=O) groups excluding carboxylic acids is 1. The molecular weight excluding hydrogens is 136 g/mol. The maximum atomic E-state index is 10.1. The lowest BCUT2D eigenvalue weighted by Crippen LogP contribution is -2.12. The van der Waals surface area contributed by atoms with Crippen molar-refractivity contribution in [3.8, 4) is 0 Å². The zero-order valence-electron chi connectivity index (χ0n) is 4.94. The molecule has 0 bridgehead atoms. The van der Waals surface area contributed by atoms with E-state index in [2.05, 4.69) is 4.98 Å². The number of thiazole rings is 1. The van der Waals surface area contributed by atoms with E-state index in [1.807, 2.05) is 5.38 Å². The molecule has 0 spiro atoms. The van der Waals surface area contributed by atoms with Gasteiger partial charge in [0.2, 0.25) is 6.41 Å². The molecule has 3 nitrogen and oxygen atoms in total. The van der Waals surface area contributed by atoms with Gasteiger partial charge in [0.25, 0.3) is 0 Å². The number of hydrogen-bond donors (Lipinski definition) is 0. The first-order valence-electron chi connectivity index (χ1n) is 2.42. The number of aromatic nitrogens is 1. The summed E-state index contributed by atoms with van der Waals surface area (Å²) < 4.78 is 0. The van der Waals surface area contributed by atoms with Crippen molar-refractivity contribution in [3.63, 3.8) is 0 Å². The van der Waals surface area contributed by atoms with Crippen LogP contribution >= 0.6 is 11.3 Å². The van der Waals surface area contributed by atoms with Gasteiger partial charge < -0.3 is 0 Å². The van der Waals surface area contributed by atoms with Gasteiger partial charge in [-0.05, 0) is 0 Å². The number of anilines is 1. The van der Waals surface area contributed by atoms with Gasteiger partial charge in [0, 0.05) is 18.6 Å².